The van der Waals surface area contributed by atoms with Gasteiger partial charge in [-0.05, 0) is 30.0 Å². The first-order chi connectivity index (χ1) is 13.5. The Bertz CT molecular complexity index is 864. The van der Waals surface area contributed by atoms with Gasteiger partial charge in [-0.2, -0.15) is 0 Å². The number of benzene rings is 2. The molecule has 1 aliphatic heterocycles. The number of hydrogen-bond donors (Lipinski definition) is 0. The van der Waals surface area contributed by atoms with Gasteiger partial charge in [0.05, 0.1) is 5.69 Å². The van der Waals surface area contributed by atoms with Gasteiger partial charge in [0.1, 0.15) is 6.04 Å². The number of hydrogen-bond acceptors (Lipinski definition) is 3. The Labute approximate surface area is 165 Å². The second-order valence-corrected chi connectivity index (χ2v) is 7.09. The molecule has 4 amide bonds. The zero-order chi connectivity index (χ0) is 20.1. The minimum atomic E-state index is -0.835. The van der Waals surface area contributed by atoms with Crippen molar-refractivity contribution in [1.29, 1.82) is 0 Å². The van der Waals surface area contributed by atoms with E-state index >= 15 is 0 Å². The van der Waals surface area contributed by atoms with E-state index in [4.69, 9.17) is 0 Å². The summed E-state index contributed by atoms with van der Waals surface area (Å²) in [6.07, 6.45) is 2.93. The minimum Gasteiger partial charge on any atom is -0.274 e. The van der Waals surface area contributed by atoms with Crippen LogP contribution in [-0.4, -0.2) is 28.8 Å². The second-order valence-electron chi connectivity index (χ2n) is 7.09. The molecule has 0 saturated carbocycles. The number of para-hydroxylation sites is 1. The Hall–Kier alpha value is -3.21. The van der Waals surface area contributed by atoms with Crippen LogP contribution in [0.15, 0.2) is 73.3 Å². The molecule has 144 valence electrons. The molecule has 0 radical (unpaired) electrons. The lowest BCUT2D eigenvalue weighted by Crippen LogP contribution is -2.42. The number of rotatable bonds is 7. The van der Waals surface area contributed by atoms with Crippen molar-refractivity contribution in [3.05, 3.63) is 78.9 Å². The summed E-state index contributed by atoms with van der Waals surface area (Å²) in [4.78, 5) is 41.4. The number of imide groups is 2. The molecule has 2 aromatic carbocycles. The van der Waals surface area contributed by atoms with Gasteiger partial charge in [0, 0.05) is 12.8 Å². The number of nitrogens with zero attached hydrogens (tertiary/aromatic N) is 2. The lowest BCUT2D eigenvalue weighted by atomic mass is 10.0. The maximum absolute atomic E-state index is 13.1. The second kappa shape index (κ2) is 8.65. The Morgan fingerprint density at radius 1 is 1.07 bits per heavy atom. The highest BCUT2D eigenvalue weighted by atomic mass is 16.2. The number of carbonyl (C=O) groups excluding carboxylic acids is 3. The molecule has 28 heavy (non-hydrogen) atoms. The van der Waals surface area contributed by atoms with Crippen LogP contribution in [-0.2, 0) is 16.0 Å². The molecule has 0 bridgehead atoms. The van der Waals surface area contributed by atoms with Crippen LogP contribution < -0.4 is 4.90 Å². The van der Waals surface area contributed by atoms with E-state index in [1.807, 2.05) is 43.3 Å². The van der Waals surface area contributed by atoms with E-state index in [1.54, 1.807) is 30.3 Å². The van der Waals surface area contributed by atoms with Crippen molar-refractivity contribution in [2.75, 3.05) is 4.90 Å². The number of urea groups is 1. The minimum absolute atomic E-state index is 0.0519. The van der Waals surface area contributed by atoms with Crippen molar-refractivity contribution < 1.29 is 14.4 Å². The standard InChI is InChI=1S/C23H24N2O3/c1-3-10-17(2)15-21(26)25-20(16-18-11-6-4-7-12-18)22(27)24(23(25)28)19-13-8-5-9-14-19/h3-9,11-14,17,20H,1,10,15-16H2,2H3/t17?,20-/m0/s1. The Kier molecular flexibility index (Phi) is 6.04. The molecule has 1 saturated heterocycles. The normalized spacial score (nSPS) is 17.7. The predicted molar refractivity (Wildman–Crippen MR) is 109 cm³/mol. The molecule has 0 aromatic heterocycles. The summed E-state index contributed by atoms with van der Waals surface area (Å²) in [6.45, 7) is 5.63. The van der Waals surface area contributed by atoms with Crippen molar-refractivity contribution in [2.24, 2.45) is 5.92 Å². The average molecular weight is 376 g/mol. The first kappa shape index (κ1) is 19.5. The van der Waals surface area contributed by atoms with Gasteiger partial charge in [0.15, 0.2) is 0 Å². The SMILES string of the molecule is C=CCC(C)CC(=O)N1C(=O)N(c2ccccc2)C(=O)[C@@H]1Cc1ccccc1. The zero-order valence-corrected chi connectivity index (χ0v) is 16.0. The molecule has 0 aliphatic carbocycles. The summed E-state index contributed by atoms with van der Waals surface area (Å²) in [5.74, 6) is -0.645. The molecule has 0 N–H and O–H groups in total. The van der Waals surface area contributed by atoms with Crippen LogP contribution in [0.2, 0.25) is 0 Å². The molecule has 2 atom stereocenters. The highest BCUT2D eigenvalue weighted by Gasteiger charge is 2.48. The largest absolute Gasteiger partial charge is 0.338 e. The van der Waals surface area contributed by atoms with Crippen LogP contribution >= 0.6 is 0 Å². The summed E-state index contributed by atoms with van der Waals surface area (Å²) < 4.78 is 0. The summed E-state index contributed by atoms with van der Waals surface area (Å²) in [5, 5.41) is 0. The Morgan fingerprint density at radius 2 is 1.68 bits per heavy atom. The maximum Gasteiger partial charge on any atom is 0.338 e. The molecule has 1 heterocycles. The van der Waals surface area contributed by atoms with Gasteiger partial charge in [-0.25, -0.2) is 9.69 Å². The van der Waals surface area contributed by atoms with Gasteiger partial charge in [0.2, 0.25) is 5.91 Å². The smallest absolute Gasteiger partial charge is 0.274 e. The summed E-state index contributed by atoms with van der Waals surface area (Å²) in [5.41, 5.74) is 1.38. The molecular weight excluding hydrogens is 352 g/mol. The first-order valence-corrected chi connectivity index (χ1v) is 9.42. The van der Waals surface area contributed by atoms with Crippen LogP contribution in [0.25, 0.3) is 0 Å². The maximum atomic E-state index is 13.1. The summed E-state index contributed by atoms with van der Waals surface area (Å²) >= 11 is 0. The van der Waals surface area contributed by atoms with Gasteiger partial charge in [-0.3, -0.25) is 14.5 Å². The fourth-order valence-corrected chi connectivity index (χ4v) is 3.47. The van der Waals surface area contributed by atoms with Gasteiger partial charge < -0.3 is 0 Å². The first-order valence-electron chi connectivity index (χ1n) is 9.42. The van der Waals surface area contributed by atoms with E-state index in [1.165, 1.54) is 0 Å². The zero-order valence-electron chi connectivity index (χ0n) is 16.0. The molecule has 0 spiro atoms. The fraction of sp³-hybridized carbons (Fsp3) is 0.261. The topological polar surface area (TPSA) is 57.7 Å². The predicted octanol–water partition coefficient (Wildman–Crippen LogP) is 4.20. The third-order valence-corrected chi connectivity index (χ3v) is 4.86. The van der Waals surface area contributed by atoms with E-state index in [0.717, 1.165) is 15.4 Å². The number of carbonyl (C=O) groups is 3. The van der Waals surface area contributed by atoms with E-state index in [2.05, 4.69) is 6.58 Å². The lowest BCUT2D eigenvalue weighted by Gasteiger charge is -2.21. The molecule has 5 heteroatoms. The quantitative estimate of drug-likeness (QED) is 0.538. The van der Waals surface area contributed by atoms with Gasteiger partial charge in [-0.1, -0.05) is 61.5 Å². The van der Waals surface area contributed by atoms with Crippen molar-refractivity contribution >= 4 is 23.5 Å². The third kappa shape index (κ3) is 4.03. The molecule has 2 aromatic rings. The van der Waals surface area contributed by atoms with Crippen LogP contribution in [0.5, 0.6) is 0 Å². The molecule has 1 fully saturated rings. The highest BCUT2D eigenvalue weighted by Crippen LogP contribution is 2.28. The van der Waals surface area contributed by atoms with E-state index in [-0.39, 0.29) is 24.2 Å². The van der Waals surface area contributed by atoms with Gasteiger partial charge in [-0.15, -0.1) is 6.58 Å². The van der Waals surface area contributed by atoms with Crippen LogP contribution in [0.4, 0.5) is 10.5 Å². The molecule has 3 rings (SSSR count). The van der Waals surface area contributed by atoms with Crippen molar-refractivity contribution in [1.82, 2.24) is 4.90 Å². The highest BCUT2D eigenvalue weighted by molar-refractivity contribution is 6.25. The molecule has 1 unspecified atom stereocenters. The van der Waals surface area contributed by atoms with Crippen molar-refractivity contribution in [2.45, 2.75) is 32.2 Å². The van der Waals surface area contributed by atoms with Gasteiger partial charge in [0.25, 0.3) is 5.91 Å². The van der Waals surface area contributed by atoms with Gasteiger partial charge >= 0.3 is 6.03 Å². The monoisotopic (exact) mass is 376 g/mol. The summed E-state index contributed by atoms with van der Waals surface area (Å²) in [7, 11) is 0. The summed E-state index contributed by atoms with van der Waals surface area (Å²) in [6, 6.07) is 16.8. The van der Waals surface area contributed by atoms with E-state index in [9.17, 15) is 14.4 Å². The van der Waals surface area contributed by atoms with Crippen LogP contribution in [0.1, 0.15) is 25.3 Å². The average Bonchev–Trinajstić information content (AvgIpc) is 2.93. The number of anilines is 1. The lowest BCUT2D eigenvalue weighted by molar-refractivity contribution is -0.133. The van der Waals surface area contributed by atoms with Crippen molar-refractivity contribution in [3.63, 3.8) is 0 Å². The fourth-order valence-electron chi connectivity index (χ4n) is 3.47. The molecule has 1 aliphatic rings. The third-order valence-electron chi connectivity index (χ3n) is 4.86. The van der Waals surface area contributed by atoms with Crippen molar-refractivity contribution in [3.8, 4) is 0 Å². The van der Waals surface area contributed by atoms with Crippen LogP contribution in [0, 0.1) is 5.92 Å². The van der Waals surface area contributed by atoms with E-state index in [0.29, 0.717) is 18.5 Å². The number of amides is 4. The Balaban J connectivity index is 1.92. The van der Waals surface area contributed by atoms with Crippen LogP contribution in [0.3, 0.4) is 0 Å². The molecular formula is C23H24N2O3. The Morgan fingerprint density at radius 3 is 2.29 bits per heavy atom. The van der Waals surface area contributed by atoms with E-state index < -0.39 is 12.1 Å². The number of allylic oxidation sites excluding steroid dienone is 1. The molecule has 5 nitrogen and oxygen atoms in total.